The van der Waals surface area contributed by atoms with Crippen molar-refractivity contribution in [2.24, 2.45) is 4.99 Å². The molecule has 0 bridgehead atoms. The number of carbonyl (C=O) groups excluding carboxylic acids is 1. The summed E-state index contributed by atoms with van der Waals surface area (Å²) in [4.78, 5) is 21.3. The van der Waals surface area contributed by atoms with Crippen LogP contribution >= 0.6 is 23.4 Å². The van der Waals surface area contributed by atoms with Gasteiger partial charge in [0.1, 0.15) is 0 Å². The lowest BCUT2D eigenvalue weighted by Gasteiger charge is -2.31. The molecule has 4 rings (SSSR count). The highest BCUT2D eigenvalue weighted by molar-refractivity contribution is 8.18. The molecule has 1 saturated heterocycles. The van der Waals surface area contributed by atoms with Crippen molar-refractivity contribution in [3.8, 4) is 11.5 Å². The molecule has 32 heavy (non-hydrogen) atoms. The van der Waals surface area contributed by atoms with Crippen molar-refractivity contribution in [1.29, 1.82) is 0 Å². The summed E-state index contributed by atoms with van der Waals surface area (Å²) in [6.07, 6.45) is 13.6. The average molecular weight is 477 g/mol. The van der Waals surface area contributed by atoms with Gasteiger partial charge in [0.05, 0.1) is 29.7 Å². The number of rotatable bonds is 6. The van der Waals surface area contributed by atoms with Crippen LogP contribution in [-0.4, -0.2) is 41.8 Å². The van der Waals surface area contributed by atoms with Crippen LogP contribution in [0.2, 0.25) is 5.02 Å². The molecule has 1 heterocycles. The molecule has 0 N–H and O–H groups in total. The maximum atomic E-state index is 13.6. The van der Waals surface area contributed by atoms with Gasteiger partial charge >= 0.3 is 0 Å². The zero-order chi connectivity index (χ0) is 22.5. The first-order chi connectivity index (χ1) is 15.6. The van der Waals surface area contributed by atoms with Crippen molar-refractivity contribution in [3.05, 3.63) is 27.6 Å². The van der Waals surface area contributed by atoms with Crippen molar-refractivity contribution < 1.29 is 14.3 Å². The Bertz CT molecular complexity index is 889. The summed E-state index contributed by atoms with van der Waals surface area (Å²) in [5.41, 5.74) is 0.755. The van der Waals surface area contributed by atoms with Crippen LogP contribution in [0.15, 0.2) is 22.0 Å². The SMILES string of the molecule is CCOc1cc(Cl)c(C=C2SC(=NC3CCCCC3)N(C3CCCCC3)C2=O)cc1OC. The molecule has 0 radical (unpaired) electrons. The number of methoxy groups -OCH3 is 1. The minimum Gasteiger partial charge on any atom is -0.493 e. The number of nitrogens with zero attached hydrogens (tertiary/aromatic N) is 2. The molecular formula is C25H33ClN2O3S. The molecule has 0 aromatic heterocycles. The normalized spacial score (nSPS) is 23.3. The number of carbonyl (C=O) groups is 1. The second kappa shape index (κ2) is 11.0. The van der Waals surface area contributed by atoms with Gasteiger partial charge in [0.2, 0.25) is 0 Å². The van der Waals surface area contributed by atoms with Crippen LogP contribution < -0.4 is 9.47 Å². The first kappa shape index (κ1) is 23.5. The Balaban J connectivity index is 1.66. The third-order valence-electron chi connectivity index (χ3n) is 6.51. The fraction of sp³-hybridized carbons (Fsp3) is 0.600. The number of hydrogen-bond acceptors (Lipinski definition) is 5. The van der Waals surface area contributed by atoms with E-state index in [0.29, 0.717) is 34.1 Å². The minimum atomic E-state index is 0.0559. The zero-order valence-electron chi connectivity index (χ0n) is 19.1. The number of benzene rings is 1. The van der Waals surface area contributed by atoms with E-state index < -0.39 is 0 Å². The third kappa shape index (κ3) is 5.28. The van der Waals surface area contributed by atoms with Crippen molar-refractivity contribution in [1.82, 2.24) is 4.90 Å². The van der Waals surface area contributed by atoms with Crippen molar-refractivity contribution >= 4 is 40.5 Å². The van der Waals surface area contributed by atoms with E-state index in [1.54, 1.807) is 13.2 Å². The molecule has 0 spiro atoms. The monoisotopic (exact) mass is 476 g/mol. The summed E-state index contributed by atoms with van der Waals surface area (Å²) in [7, 11) is 1.61. The molecule has 3 aliphatic rings. The van der Waals surface area contributed by atoms with Gasteiger partial charge in [-0.3, -0.25) is 14.7 Å². The first-order valence-electron chi connectivity index (χ1n) is 11.9. The van der Waals surface area contributed by atoms with Gasteiger partial charge in [0.25, 0.3) is 5.91 Å². The Morgan fingerprint density at radius 1 is 1.09 bits per heavy atom. The van der Waals surface area contributed by atoms with Crippen LogP contribution in [-0.2, 0) is 4.79 Å². The predicted octanol–water partition coefficient (Wildman–Crippen LogP) is 6.69. The number of amidine groups is 1. The molecule has 3 fully saturated rings. The van der Waals surface area contributed by atoms with Gasteiger partial charge in [0, 0.05) is 12.1 Å². The van der Waals surface area contributed by atoms with Gasteiger partial charge in [-0.2, -0.15) is 0 Å². The maximum Gasteiger partial charge on any atom is 0.267 e. The van der Waals surface area contributed by atoms with E-state index in [9.17, 15) is 4.79 Å². The van der Waals surface area contributed by atoms with Gasteiger partial charge in [-0.1, -0.05) is 50.1 Å². The molecular weight excluding hydrogens is 444 g/mol. The Labute approximate surface area is 200 Å². The lowest BCUT2D eigenvalue weighted by atomic mass is 9.94. The van der Waals surface area contributed by atoms with Gasteiger partial charge in [-0.15, -0.1) is 0 Å². The molecule has 7 heteroatoms. The van der Waals surface area contributed by atoms with E-state index in [-0.39, 0.29) is 11.9 Å². The summed E-state index contributed by atoms with van der Waals surface area (Å²) < 4.78 is 11.1. The topological polar surface area (TPSA) is 51.1 Å². The minimum absolute atomic E-state index is 0.0559. The maximum absolute atomic E-state index is 13.6. The second-order valence-corrected chi connectivity index (χ2v) is 10.2. The Morgan fingerprint density at radius 3 is 2.44 bits per heavy atom. The van der Waals surface area contributed by atoms with Crippen LogP contribution in [0.25, 0.3) is 6.08 Å². The van der Waals surface area contributed by atoms with Gasteiger partial charge in [-0.05, 0) is 62.1 Å². The highest BCUT2D eigenvalue weighted by Crippen LogP contribution is 2.40. The van der Waals surface area contributed by atoms with E-state index in [1.165, 1.54) is 50.3 Å². The van der Waals surface area contributed by atoms with Crippen molar-refractivity contribution in [2.75, 3.05) is 13.7 Å². The number of halogens is 1. The molecule has 2 aliphatic carbocycles. The molecule has 174 valence electrons. The van der Waals surface area contributed by atoms with Crippen LogP contribution in [0.1, 0.15) is 76.7 Å². The smallest absolute Gasteiger partial charge is 0.267 e. The second-order valence-electron chi connectivity index (χ2n) is 8.74. The van der Waals surface area contributed by atoms with E-state index >= 15 is 0 Å². The number of thioether (sulfide) groups is 1. The quantitative estimate of drug-likeness (QED) is 0.429. The lowest BCUT2D eigenvalue weighted by molar-refractivity contribution is -0.124. The van der Waals surface area contributed by atoms with Crippen LogP contribution in [0.3, 0.4) is 0 Å². The standard InChI is InChI=1S/C25H33ClN2O3S/c1-3-31-22-16-20(26)17(14-21(22)30-2)15-23-24(29)28(19-12-8-5-9-13-19)25(32-23)27-18-10-6-4-7-11-18/h14-16,18-19H,3-13H2,1-2H3. The molecule has 0 unspecified atom stereocenters. The summed E-state index contributed by atoms with van der Waals surface area (Å²) in [5, 5.41) is 1.42. The number of hydrogen-bond donors (Lipinski definition) is 0. The van der Waals surface area contributed by atoms with Crippen molar-refractivity contribution in [3.63, 3.8) is 0 Å². The summed E-state index contributed by atoms with van der Waals surface area (Å²) in [6, 6.07) is 4.19. The number of amides is 1. The van der Waals surface area contributed by atoms with Crippen LogP contribution in [0.5, 0.6) is 11.5 Å². The predicted molar refractivity (Wildman–Crippen MR) is 133 cm³/mol. The summed E-state index contributed by atoms with van der Waals surface area (Å²) in [5.74, 6) is 1.27. The Hall–Kier alpha value is -1.66. The number of aliphatic imine (C=N–C) groups is 1. The van der Waals surface area contributed by atoms with Gasteiger partial charge < -0.3 is 9.47 Å². The van der Waals surface area contributed by atoms with E-state index in [0.717, 1.165) is 36.4 Å². The Kier molecular flexibility index (Phi) is 8.06. The Morgan fingerprint density at radius 2 is 1.78 bits per heavy atom. The molecule has 1 aliphatic heterocycles. The van der Waals surface area contributed by atoms with Gasteiger partial charge in [-0.25, -0.2) is 0 Å². The summed E-state index contributed by atoms with van der Waals surface area (Å²) >= 11 is 8.06. The molecule has 1 aromatic carbocycles. The molecule has 5 nitrogen and oxygen atoms in total. The van der Waals surface area contributed by atoms with E-state index in [4.69, 9.17) is 26.1 Å². The lowest BCUT2D eigenvalue weighted by Crippen LogP contribution is -2.41. The third-order valence-corrected chi connectivity index (χ3v) is 7.84. The molecule has 1 aromatic rings. The molecule has 1 amide bonds. The molecule has 2 saturated carbocycles. The van der Waals surface area contributed by atoms with E-state index in [2.05, 4.69) is 0 Å². The first-order valence-corrected chi connectivity index (χ1v) is 13.1. The average Bonchev–Trinajstić information content (AvgIpc) is 3.11. The molecule has 0 atom stereocenters. The highest BCUT2D eigenvalue weighted by Gasteiger charge is 2.39. The highest BCUT2D eigenvalue weighted by atomic mass is 35.5. The largest absolute Gasteiger partial charge is 0.493 e. The van der Waals surface area contributed by atoms with Crippen molar-refractivity contribution in [2.45, 2.75) is 83.2 Å². The summed E-state index contributed by atoms with van der Waals surface area (Å²) in [6.45, 7) is 2.45. The van der Waals surface area contributed by atoms with E-state index in [1.807, 2.05) is 24.0 Å². The van der Waals surface area contributed by atoms with Gasteiger partial charge in [0.15, 0.2) is 16.7 Å². The number of ether oxygens (including phenoxy) is 2. The fourth-order valence-corrected chi connectivity index (χ4v) is 6.14. The van der Waals surface area contributed by atoms with Crippen LogP contribution in [0.4, 0.5) is 0 Å². The zero-order valence-corrected chi connectivity index (χ0v) is 20.6. The fourth-order valence-electron chi connectivity index (χ4n) is 4.83. The van der Waals surface area contributed by atoms with Crippen LogP contribution in [0, 0.1) is 0 Å².